The van der Waals surface area contributed by atoms with Crippen molar-refractivity contribution in [2.24, 2.45) is 0 Å². The van der Waals surface area contributed by atoms with Crippen LogP contribution in [-0.4, -0.2) is 57.5 Å². The fourth-order valence-corrected chi connectivity index (χ4v) is 3.36. The van der Waals surface area contributed by atoms with Crippen LogP contribution in [0.2, 0.25) is 0 Å². The number of carbonyl (C=O) groups excluding carboxylic acids is 2. The summed E-state index contributed by atoms with van der Waals surface area (Å²) in [5.74, 6) is -1.07. The van der Waals surface area contributed by atoms with E-state index in [4.69, 9.17) is 0 Å². The number of amides is 2. The molecule has 2 rings (SSSR count). The molecular formula is C20H32N4O2. The number of hydrogen-bond donors (Lipinski definition) is 2. The number of nitrogens with one attached hydrogen (secondary N) is 2. The molecule has 2 N–H and O–H groups in total. The molecular weight excluding hydrogens is 328 g/mol. The largest absolute Gasteiger partial charge is 0.378 e. The Kier molecular flexibility index (Phi) is 7.45. The minimum atomic E-state index is -0.549. The predicted octanol–water partition coefficient (Wildman–Crippen LogP) is 1.92. The van der Waals surface area contributed by atoms with Gasteiger partial charge in [0.05, 0.1) is 6.04 Å². The number of likely N-dealkylation sites (N-methyl/N-ethyl adjacent to an activating group) is 1. The molecule has 0 unspecified atom stereocenters. The van der Waals surface area contributed by atoms with E-state index in [0.717, 1.165) is 36.9 Å². The first-order chi connectivity index (χ1) is 12.4. The molecule has 2 amide bonds. The Morgan fingerprint density at radius 3 is 2.15 bits per heavy atom. The summed E-state index contributed by atoms with van der Waals surface area (Å²) in [5, 5.41) is 5.65. The highest BCUT2D eigenvalue weighted by atomic mass is 16.2. The zero-order valence-corrected chi connectivity index (χ0v) is 16.4. The van der Waals surface area contributed by atoms with E-state index >= 15 is 0 Å². The monoisotopic (exact) mass is 360 g/mol. The first-order valence-corrected chi connectivity index (χ1v) is 9.41. The molecule has 1 atom stereocenters. The van der Waals surface area contributed by atoms with E-state index in [2.05, 4.69) is 34.9 Å². The van der Waals surface area contributed by atoms with Gasteiger partial charge in [0.1, 0.15) is 0 Å². The fourth-order valence-electron chi connectivity index (χ4n) is 3.36. The van der Waals surface area contributed by atoms with Crippen LogP contribution in [0.5, 0.6) is 0 Å². The topological polar surface area (TPSA) is 64.7 Å². The van der Waals surface area contributed by atoms with Crippen molar-refractivity contribution >= 4 is 17.5 Å². The van der Waals surface area contributed by atoms with Gasteiger partial charge in [0.2, 0.25) is 0 Å². The molecule has 0 heterocycles. The van der Waals surface area contributed by atoms with Crippen molar-refractivity contribution in [3.63, 3.8) is 0 Å². The van der Waals surface area contributed by atoms with Crippen LogP contribution in [0, 0.1) is 0 Å². The minimum Gasteiger partial charge on any atom is -0.378 e. The molecule has 0 aliphatic heterocycles. The highest BCUT2D eigenvalue weighted by molar-refractivity contribution is 6.35. The third kappa shape index (κ3) is 5.73. The van der Waals surface area contributed by atoms with Crippen LogP contribution in [0.4, 0.5) is 5.69 Å². The summed E-state index contributed by atoms with van der Waals surface area (Å²) >= 11 is 0. The van der Waals surface area contributed by atoms with Crippen molar-refractivity contribution in [1.82, 2.24) is 15.5 Å². The van der Waals surface area contributed by atoms with E-state index in [1.165, 1.54) is 6.42 Å². The zero-order valence-electron chi connectivity index (χ0n) is 16.4. The molecule has 0 radical (unpaired) electrons. The van der Waals surface area contributed by atoms with Crippen molar-refractivity contribution in [2.75, 3.05) is 39.6 Å². The van der Waals surface area contributed by atoms with Crippen LogP contribution in [-0.2, 0) is 9.59 Å². The van der Waals surface area contributed by atoms with Crippen molar-refractivity contribution in [2.45, 2.75) is 44.2 Å². The third-order valence-electron chi connectivity index (χ3n) is 5.02. The number of rotatable bonds is 6. The summed E-state index contributed by atoms with van der Waals surface area (Å²) in [6, 6.07) is 8.40. The standard InChI is InChI=1S/C20H32N4O2/c1-23(2)17-12-10-15(11-13-17)18(24(3)4)14-21-19(25)20(26)22-16-8-6-5-7-9-16/h10-13,16,18H,5-9,14H2,1-4H3,(H,21,25)(H,22,26)/t18-/m1/s1. The van der Waals surface area contributed by atoms with Crippen molar-refractivity contribution in [3.05, 3.63) is 29.8 Å². The van der Waals surface area contributed by atoms with E-state index in [9.17, 15) is 9.59 Å². The summed E-state index contributed by atoms with van der Waals surface area (Å²) in [7, 11) is 7.95. The van der Waals surface area contributed by atoms with Crippen LogP contribution >= 0.6 is 0 Å². The Bertz CT molecular complexity index is 592. The Morgan fingerprint density at radius 2 is 1.62 bits per heavy atom. The van der Waals surface area contributed by atoms with Crippen LogP contribution in [0.1, 0.15) is 43.7 Å². The smallest absolute Gasteiger partial charge is 0.309 e. The SMILES string of the molecule is CN(C)c1ccc([C@@H](CNC(=O)C(=O)NC2CCCCC2)N(C)C)cc1. The summed E-state index contributed by atoms with van der Waals surface area (Å²) in [6.45, 7) is 0.394. The van der Waals surface area contributed by atoms with Crippen LogP contribution in [0.25, 0.3) is 0 Å². The Hall–Kier alpha value is -2.08. The van der Waals surface area contributed by atoms with Crippen LogP contribution < -0.4 is 15.5 Å². The van der Waals surface area contributed by atoms with Gasteiger partial charge in [-0.2, -0.15) is 0 Å². The Morgan fingerprint density at radius 1 is 1.00 bits per heavy atom. The summed E-state index contributed by atoms with van der Waals surface area (Å²) in [4.78, 5) is 28.4. The van der Waals surface area contributed by atoms with Gasteiger partial charge in [0.25, 0.3) is 0 Å². The number of nitrogens with zero attached hydrogens (tertiary/aromatic N) is 2. The molecule has 6 nitrogen and oxygen atoms in total. The predicted molar refractivity (Wildman–Crippen MR) is 105 cm³/mol. The molecule has 144 valence electrons. The van der Waals surface area contributed by atoms with Crippen molar-refractivity contribution in [1.29, 1.82) is 0 Å². The van der Waals surface area contributed by atoms with Gasteiger partial charge in [0.15, 0.2) is 0 Å². The van der Waals surface area contributed by atoms with Crippen LogP contribution in [0.15, 0.2) is 24.3 Å². The normalized spacial score (nSPS) is 16.2. The maximum Gasteiger partial charge on any atom is 0.309 e. The molecule has 6 heteroatoms. The molecule has 1 aliphatic rings. The number of benzene rings is 1. The van der Waals surface area contributed by atoms with Gasteiger partial charge in [-0.05, 0) is 44.6 Å². The van der Waals surface area contributed by atoms with E-state index in [1.807, 2.05) is 38.0 Å². The molecule has 1 fully saturated rings. The molecule has 1 saturated carbocycles. The second-order valence-electron chi connectivity index (χ2n) is 7.48. The molecule has 0 saturated heterocycles. The van der Waals surface area contributed by atoms with E-state index in [-0.39, 0.29) is 12.1 Å². The number of anilines is 1. The molecule has 0 spiro atoms. The van der Waals surface area contributed by atoms with Crippen LogP contribution in [0.3, 0.4) is 0 Å². The highest BCUT2D eigenvalue weighted by Gasteiger charge is 2.22. The van der Waals surface area contributed by atoms with Gasteiger partial charge in [0, 0.05) is 32.4 Å². The van der Waals surface area contributed by atoms with Gasteiger partial charge in [-0.15, -0.1) is 0 Å². The maximum absolute atomic E-state index is 12.2. The highest BCUT2D eigenvalue weighted by Crippen LogP contribution is 2.21. The van der Waals surface area contributed by atoms with Gasteiger partial charge in [-0.1, -0.05) is 31.4 Å². The van der Waals surface area contributed by atoms with Crippen molar-refractivity contribution in [3.8, 4) is 0 Å². The average molecular weight is 361 g/mol. The molecule has 26 heavy (non-hydrogen) atoms. The summed E-state index contributed by atoms with van der Waals surface area (Å²) in [5.41, 5.74) is 2.23. The third-order valence-corrected chi connectivity index (χ3v) is 5.02. The van der Waals surface area contributed by atoms with Gasteiger partial charge in [-0.3, -0.25) is 9.59 Å². The summed E-state index contributed by atoms with van der Waals surface area (Å²) < 4.78 is 0. The van der Waals surface area contributed by atoms with Crippen molar-refractivity contribution < 1.29 is 9.59 Å². The minimum absolute atomic E-state index is 0.0117. The lowest BCUT2D eigenvalue weighted by Crippen LogP contribution is -2.46. The fraction of sp³-hybridized carbons (Fsp3) is 0.600. The number of hydrogen-bond acceptors (Lipinski definition) is 4. The average Bonchev–Trinajstić information content (AvgIpc) is 2.62. The first-order valence-electron chi connectivity index (χ1n) is 9.41. The molecule has 1 aliphatic carbocycles. The van der Waals surface area contributed by atoms with E-state index < -0.39 is 11.8 Å². The Labute approximate surface area is 156 Å². The lowest BCUT2D eigenvalue weighted by molar-refractivity contribution is -0.139. The first kappa shape index (κ1) is 20.2. The van der Waals surface area contributed by atoms with Gasteiger partial charge >= 0.3 is 11.8 Å². The second-order valence-corrected chi connectivity index (χ2v) is 7.48. The molecule has 0 bridgehead atoms. The number of carbonyl (C=O) groups is 2. The summed E-state index contributed by atoms with van der Waals surface area (Å²) in [6.07, 6.45) is 5.40. The zero-order chi connectivity index (χ0) is 19.1. The molecule has 0 aromatic heterocycles. The quantitative estimate of drug-likeness (QED) is 0.761. The van der Waals surface area contributed by atoms with Gasteiger partial charge < -0.3 is 20.4 Å². The van der Waals surface area contributed by atoms with Gasteiger partial charge in [-0.25, -0.2) is 0 Å². The molecule has 1 aromatic carbocycles. The second kappa shape index (κ2) is 9.57. The molecule has 1 aromatic rings. The lowest BCUT2D eigenvalue weighted by atomic mass is 9.95. The lowest BCUT2D eigenvalue weighted by Gasteiger charge is -2.26. The Balaban J connectivity index is 1.90. The maximum atomic E-state index is 12.2. The van der Waals surface area contributed by atoms with E-state index in [1.54, 1.807) is 0 Å². The van der Waals surface area contributed by atoms with E-state index in [0.29, 0.717) is 6.54 Å².